The maximum absolute atomic E-state index is 14.0. The summed E-state index contributed by atoms with van der Waals surface area (Å²) in [6, 6.07) is 7.07. The summed E-state index contributed by atoms with van der Waals surface area (Å²) in [5.41, 5.74) is 8.69. The average molecular weight is 578 g/mol. The van der Waals surface area contributed by atoms with Crippen LogP contribution in [0.25, 0.3) is 11.0 Å². The van der Waals surface area contributed by atoms with Crippen LogP contribution in [0.4, 0.5) is 11.8 Å². The number of hydrogen-bond donors (Lipinski definition) is 4. The van der Waals surface area contributed by atoms with Crippen molar-refractivity contribution in [1.82, 2.24) is 13.9 Å². The van der Waals surface area contributed by atoms with E-state index in [1.165, 1.54) is 10.2 Å². The van der Waals surface area contributed by atoms with Crippen LogP contribution in [0.15, 0.2) is 58.8 Å². The Morgan fingerprint density at radius 1 is 1.27 bits per heavy atom. The highest BCUT2D eigenvalue weighted by Gasteiger charge is 2.32. The van der Waals surface area contributed by atoms with Gasteiger partial charge in [0.1, 0.15) is 5.82 Å². The van der Waals surface area contributed by atoms with Crippen molar-refractivity contribution < 1.29 is 13.2 Å². The van der Waals surface area contributed by atoms with E-state index >= 15 is 0 Å². The first kappa shape index (κ1) is 28.8. The SMILES string of the molecule is CCCCOC(C)c1cn(S(=O)(=O)c2ccc(C)cc2)c2nc(NC3(C)C=C(N)C(C=N)=CC3)nc(NC3CC3)c12. The van der Waals surface area contributed by atoms with Crippen molar-refractivity contribution >= 4 is 39.0 Å². The van der Waals surface area contributed by atoms with Crippen LogP contribution in [0, 0.1) is 12.3 Å². The lowest BCUT2D eigenvalue weighted by Gasteiger charge is -2.30. The topological polar surface area (TPSA) is 148 Å². The zero-order valence-corrected chi connectivity index (χ0v) is 24.9. The zero-order chi connectivity index (χ0) is 29.4. The molecule has 2 atom stereocenters. The minimum atomic E-state index is -3.99. The Bertz CT molecular complexity index is 1620. The molecule has 0 saturated heterocycles. The summed E-state index contributed by atoms with van der Waals surface area (Å²) in [6.07, 6.45) is 10.7. The minimum Gasteiger partial charge on any atom is -0.398 e. The van der Waals surface area contributed by atoms with Gasteiger partial charge < -0.3 is 26.5 Å². The number of rotatable bonds is 12. The molecule has 5 N–H and O–H groups in total. The van der Waals surface area contributed by atoms with Crippen LogP contribution in [0.5, 0.6) is 0 Å². The van der Waals surface area contributed by atoms with Gasteiger partial charge in [-0.2, -0.15) is 9.97 Å². The number of nitrogens with one attached hydrogen (secondary N) is 3. The number of benzene rings is 1. The summed E-state index contributed by atoms with van der Waals surface area (Å²) in [5.74, 6) is 0.856. The minimum absolute atomic E-state index is 0.176. The molecule has 0 aliphatic heterocycles. The molecular formula is C30H39N7O3S. The third-order valence-electron chi connectivity index (χ3n) is 7.55. The lowest BCUT2D eigenvalue weighted by Crippen LogP contribution is -2.36. The van der Waals surface area contributed by atoms with Gasteiger partial charge in [0.05, 0.1) is 21.9 Å². The van der Waals surface area contributed by atoms with E-state index in [0.717, 1.165) is 31.2 Å². The average Bonchev–Trinajstić information content (AvgIpc) is 3.65. The first-order chi connectivity index (χ1) is 19.5. The Hall–Kier alpha value is -3.70. The van der Waals surface area contributed by atoms with Crippen molar-refractivity contribution in [3.05, 3.63) is 65.0 Å². The standard InChI is InChI=1S/C30H39N7O3S/c1-5-6-15-40-20(3)24-18-37(41(38,39)23-11-7-19(2)8-12-23)28-26(24)27(33-22-9-10-22)34-29(35-28)36-30(4)14-13-21(17-31)25(32)16-30/h7-8,11-13,16-18,20,22,31H,5-6,9-10,14-15,32H2,1-4H3,(H2,33,34,35,36). The highest BCUT2D eigenvalue weighted by atomic mass is 32.2. The highest BCUT2D eigenvalue weighted by molar-refractivity contribution is 7.90. The molecule has 0 radical (unpaired) electrons. The molecule has 1 aromatic carbocycles. The number of aryl methyl sites for hydroxylation is 1. The Balaban J connectivity index is 1.67. The summed E-state index contributed by atoms with van der Waals surface area (Å²) in [7, 11) is -3.99. The van der Waals surface area contributed by atoms with Gasteiger partial charge in [0.15, 0.2) is 5.65 Å². The zero-order valence-electron chi connectivity index (χ0n) is 24.1. The Labute approximate surface area is 241 Å². The number of fused-ring (bicyclic) bond motifs is 1. The van der Waals surface area contributed by atoms with Gasteiger partial charge >= 0.3 is 0 Å². The van der Waals surface area contributed by atoms with Gasteiger partial charge in [-0.25, -0.2) is 12.4 Å². The van der Waals surface area contributed by atoms with E-state index in [9.17, 15) is 8.42 Å². The van der Waals surface area contributed by atoms with E-state index in [1.807, 2.05) is 32.9 Å². The second-order valence-electron chi connectivity index (χ2n) is 11.2. The molecule has 2 aliphatic rings. The summed E-state index contributed by atoms with van der Waals surface area (Å²) < 4.78 is 35.5. The molecule has 5 rings (SSSR count). The predicted octanol–water partition coefficient (Wildman–Crippen LogP) is 5.42. The molecule has 2 aliphatic carbocycles. The van der Waals surface area contributed by atoms with Gasteiger partial charge in [-0.1, -0.05) is 37.1 Å². The van der Waals surface area contributed by atoms with Crippen molar-refractivity contribution in [3.8, 4) is 0 Å². The van der Waals surface area contributed by atoms with Crippen molar-refractivity contribution in [1.29, 1.82) is 5.41 Å². The summed E-state index contributed by atoms with van der Waals surface area (Å²) >= 11 is 0. The number of hydrogen-bond acceptors (Lipinski definition) is 9. The summed E-state index contributed by atoms with van der Waals surface area (Å²) in [6.45, 7) is 8.49. The lowest BCUT2D eigenvalue weighted by atomic mass is 9.89. The summed E-state index contributed by atoms with van der Waals surface area (Å²) in [5, 5.41) is 15.1. The van der Waals surface area contributed by atoms with Crippen LogP contribution >= 0.6 is 0 Å². The maximum atomic E-state index is 14.0. The maximum Gasteiger partial charge on any atom is 0.269 e. The Kier molecular flexibility index (Phi) is 7.93. The fraction of sp³-hybridized carbons (Fsp3) is 0.433. The van der Waals surface area contributed by atoms with Crippen LogP contribution in [0.3, 0.4) is 0 Å². The summed E-state index contributed by atoms with van der Waals surface area (Å²) in [4.78, 5) is 9.85. The molecule has 218 valence electrons. The van der Waals surface area contributed by atoms with Crippen molar-refractivity contribution in [2.45, 2.75) is 82.4 Å². The van der Waals surface area contributed by atoms with E-state index in [2.05, 4.69) is 17.6 Å². The largest absolute Gasteiger partial charge is 0.398 e. The molecular weight excluding hydrogens is 538 g/mol. The molecule has 0 bridgehead atoms. The Morgan fingerprint density at radius 3 is 2.63 bits per heavy atom. The van der Waals surface area contributed by atoms with E-state index in [4.69, 9.17) is 25.8 Å². The smallest absolute Gasteiger partial charge is 0.269 e. The van der Waals surface area contributed by atoms with Gasteiger partial charge in [0.2, 0.25) is 5.95 Å². The number of unbranched alkanes of at least 4 members (excludes halogenated alkanes) is 1. The number of ether oxygens (including phenoxy) is 1. The van der Waals surface area contributed by atoms with Crippen LogP contribution in [-0.2, 0) is 14.8 Å². The van der Waals surface area contributed by atoms with Gasteiger partial charge in [0.25, 0.3) is 10.0 Å². The van der Waals surface area contributed by atoms with E-state index < -0.39 is 15.6 Å². The van der Waals surface area contributed by atoms with Crippen molar-refractivity contribution in [2.75, 3.05) is 17.2 Å². The first-order valence-corrected chi connectivity index (χ1v) is 15.6. The molecule has 0 spiro atoms. The van der Waals surface area contributed by atoms with Crippen LogP contribution in [0.2, 0.25) is 0 Å². The second kappa shape index (κ2) is 11.3. The monoisotopic (exact) mass is 577 g/mol. The quantitative estimate of drug-likeness (QED) is 0.165. The van der Waals surface area contributed by atoms with Crippen molar-refractivity contribution in [2.24, 2.45) is 5.73 Å². The molecule has 3 aromatic rings. The van der Waals surface area contributed by atoms with E-state index in [1.54, 1.807) is 30.5 Å². The van der Waals surface area contributed by atoms with Gasteiger partial charge in [-0.05, 0) is 64.7 Å². The second-order valence-corrected chi connectivity index (χ2v) is 13.0. The molecule has 10 nitrogen and oxygen atoms in total. The molecule has 2 heterocycles. The number of allylic oxidation sites excluding steroid dienone is 1. The fourth-order valence-electron chi connectivity index (χ4n) is 4.93. The molecule has 11 heteroatoms. The van der Waals surface area contributed by atoms with Crippen LogP contribution in [0.1, 0.15) is 70.1 Å². The first-order valence-electron chi connectivity index (χ1n) is 14.2. The molecule has 2 aromatic heterocycles. The number of aromatic nitrogens is 3. The number of anilines is 2. The van der Waals surface area contributed by atoms with Crippen LogP contribution in [-0.4, -0.2) is 46.8 Å². The third-order valence-corrected chi connectivity index (χ3v) is 9.21. The normalized spacial score (nSPS) is 19.9. The molecule has 1 saturated carbocycles. The molecule has 0 amide bonds. The van der Waals surface area contributed by atoms with Crippen molar-refractivity contribution in [3.63, 3.8) is 0 Å². The molecule has 41 heavy (non-hydrogen) atoms. The number of nitrogens with two attached hydrogens (primary N) is 1. The Morgan fingerprint density at radius 2 is 2.00 bits per heavy atom. The van der Waals surface area contributed by atoms with Gasteiger partial charge in [-0.3, -0.25) is 0 Å². The number of nitrogens with zero attached hydrogens (tertiary/aromatic N) is 3. The molecule has 1 fully saturated rings. The van der Waals surface area contributed by atoms with E-state index in [-0.39, 0.29) is 28.6 Å². The van der Waals surface area contributed by atoms with Gasteiger partial charge in [-0.15, -0.1) is 0 Å². The van der Waals surface area contributed by atoms with Gasteiger partial charge in [0, 0.05) is 41.9 Å². The van der Waals surface area contributed by atoms with Crippen LogP contribution < -0.4 is 16.4 Å². The predicted molar refractivity (Wildman–Crippen MR) is 163 cm³/mol. The molecule has 2 unspecified atom stereocenters. The third kappa shape index (κ3) is 6.01. The lowest BCUT2D eigenvalue weighted by molar-refractivity contribution is 0.0646. The fourth-order valence-corrected chi connectivity index (χ4v) is 6.25. The van der Waals surface area contributed by atoms with E-state index in [0.29, 0.717) is 41.1 Å². The highest BCUT2D eigenvalue weighted by Crippen LogP contribution is 2.38.